The average Bonchev–Trinajstić information content (AvgIpc) is 3.49. The molecule has 1 aromatic rings. The van der Waals surface area contributed by atoms with Crippen LogP contribution < -0.4 is 19.7 Å². The lowest BCUT2D eigenvalue weighted by atomic mass is 9.79. The Hall–Kier alpha value is -2.24. The number of anilines is 1. The minimum Gasteiger partial charge on any atom is -0.497 e. The molecule has 6 unspecified atom stereocenters. The van der Waals surface area contributed by atoms with Crippen LogP contribution in [0.5, 0.6) is 11.5 Å². The summed E-state index contributed by atoms with van der Waals surface area (Å²) in [6.07, 6.45) is 6.75. The SMILES string of the molecule is COc1ccc(OC)c(N2CC(C(=O)NC3CC4CC3C3CCCC43)CC2=O)c1. The van der Waals surface area contributed by atoms with Crippen molar-refractivity contribution in [3.63, 3.8) is 0 Å². The second-order valence-electron chi connectivity index (χ2n) is 9.21. The van der Waals surface area contributed by atoms with Gasteiger partial charge in [0.1, 0.15) is 11.5 Å². The third-order valence-corrected chi connectivity index (χ3v) is 7.93. The van der Waals surface area contributed by atoms with Gasteiger partial charge in [-0.25, -0.2) is 0 Å². The third-order valence-electron chi connectivity index (χ3n) is 7.93. The smallest absolute Gasteiger partial charge is 0.227 e. The van der Waals surface area contributed by atoms with Crippen molar-refractivity contribution in [1.82, 2.24) is 5.32 Å². The zero-order chi connectivity index (χ0) is 20.1. The first-order valence-electron chi connectivity index (χ1n) is 10.9. The molecule has 6 heteroatoms. The van der Waals surface area contributed by atoms with Crippen molar-refractivity contribution >= 4 is 17.5 Å². The fraction of sp³-hybridized carbons (Fsp3) is 0.652. The van der Waals surface area contributed by atoms with Crippen molar-refractivity contribution in [3.05, 3.63) is 18.2 Å². The number of fused-ring (bicyclic) bond motifs is 5. The lowest BCUT2D eigenvalue weighted by Crippen LogP contribution is -2.45. The van der Waals surface area contributed by atoms with Gasteiger partial charge in [0.15, 0.2) is 0 Å². The first kappa shape index (κ1) is 18.8. The molecule has 0 aromatic heterocycles. The van der Waals surface area contributed by atoms with E-state index in [1.54, 1.807) is 37.3 Å². The zero-order valence-corrected chi connectivity index (χ0v) is 17.2. The van der Waals surface area contributed by atoms with Gasteiger partial charge in [0.25, 0.3) is 0 Å². The van der Waals surface area contributed by atoms with Crippen LogP contribution >= 0.6 is 0 Å². The molecule has 2 amide bonds. The molecule has 0 spiro atoms. The molecule has 2 bridgehead atoms. The van der Waals surface area contributed by atoms with Gasteiger partial charge in [0.2, 0.25) is 11.8 Å². The van der Waals surface area contributed by atoms with Crippen LogP contribution in [-0.2, 0) is 9.59 Å². The molecule has 156 valence electrons. The molecule has 1 aliphatic heterocycles. The number of carbonyl (C=O) groups excluding carboxylic acids is 2. The van der Waals surface area contributed by atoms with Gasteiger partial charge in [-0.05, 0) is 61.5 Å². The van der Waals surface area contributed by atoms with Crippen molar-refractivity contribution in [2.45, 2.75) is 44.6 Å². The molecular weight excluding hydrogens is 368 g/mol. The van der Waals surface area contributed by atoms with Crippen molar-refractivity contribution in [2.24, 2.45) is 29.6 Å². The van der Waals surface area contributed by atoms with Crippen LogP contribution in [0.2, 0.25) is 0 Å². The Morgan fingerprint density at radius 2 is 1.93 bits per heavy atom. The van der Waals surface area contributed by atoms with Crippen LogP contribution in [0.4, 0.5) is 5.69 Å². The maximum Gasteiger partial charge on any atom is 0.227 e. The molecule has 4 aliphatic rings. The van der Waals surface area contributed by atoms with Crippen LogP contribution in [-0.4, -0.2) is 38.6 Å². The van der Waals surface area contributed by atoms with Crippen molar-refractivity contribution in [2.75, 3.05) is 25.7 Å². The molecule has 4 fully saturated rings. The number of rotatable bonds is 5. The monoisotopic (exact) mass is 398 g/mol. The summed E-state index contributed by atoms with van der Waals surface area (Å²) in [4.78, 5) is 27.4. The molecule has 1 saturated heterocycles. The topological polar surface area (TPSA) is 67.9 Å². The van der Waals surface area contributed by atoms with E-state index in [1.165, 1.54) is 25.7 Å². The first-order valence-corrected chi connectivity index (χ1v) is 10.9. The lowest BCUT2D eigenvalue weighted by molar-refractivity contribution is -0.127. The van der Waals surface area contributed by atoms with E-state index in [0.717, 1.165) is 24.2 Å². The van der Waals surface area contributed by atoms with Gasteiger partial charge in [-0.2, -0.15) is 0 Å². The van der Waals surface area contributed by atoms with E-state index in [2.05, 4.69) is 5.32 Å². The maximum absolute atomic E-state index is 13.0. The second kappa shape index (κ2) is 7.22. The predicted molar refractivity (Wildman–Crippen MR) is 109 cm³/mol. The minimum atomic E-state index is -0.308. The quantitative estimate of drug-likeness (QED) is 0.828. The molecule has 1 heterocycles. The summed E-state index contributed by atoms with van der Waals surface area (Å²) < 4.78 is 10.7. The number of benzene rings is 1. The molecule has 5 rings (SSSR count). The highest BCUT2D eigenvalue weighted by molar-refractivity contribution is 6.01. The van der Waals surface area contributed by atoms with Crippen LogP contribution in [0.3, 0.4) is 0 Å². The number of amides is 2. The maximum atomic E-state index is 13.0. The highest BCUT2D eigenvalue weighted by Gasteiger charge is 2.54. The number of methoxy groups -OCH3 is 2. The average molecular weight is 399 g/mol. The van der Waals surface area contributed by atoms with E-state index < -0.39 is 0 Å². The molecule has 3 aliphatic carbocycles. The summed E-state index contributed by atoms with van der Waals surface area (Å²) in [5.74, 6) is 4.16. The van der Waals surface area contributed by atoms with Crippen molar-refractivity contribution in [3.8, 4) is 11.5 Å². The van der Waals surface area contributed by atoms with Crippen LogP contribution in [0.1, 0.15) is 38.5 Å². The van der Waals surface area contributed by atoms with Crippen LogP contribution in [0, 0.1) is 29.6 Å². The third kappa shape index (κ3) is 3.08. The molecule has 6 nitrogen and oxygen atoms in total. The standard InChI is InChI=1S/C23H30N2O4/c1-28-15-6-7-21(29-2)20(11-15)25-12-14(10-22(25)26)23(27)24-19-9-13-8-18(19)17-5-3-4-16(13)17/h6-7,11,13-14,16-19H,3-5,8-10,12H2,1-2H3,(H,24,27). The first-order chi connectivity index (χ1) is 14.1. The molecule has 29 heavy (non-hydrogen) atoms. The van der Waals surface area contributed by atoms with Gasteiger partial charge in [-0.1, -0.05) is 6.42 Å². The molecule has 0 radical (unpaired) electrons. The second-order valence-corrected chi connectivity index (χ2v) is 9.21. The summed E-state index contributed by atoms with van der Waals surface area (Å²) in [5.41, 5.74) is 0.667. The van der Waals surface area contributed by atoms with E-state index in [-0.39, 0.29) is 24.2 Å². The van der Waals surface area contributed by atoms with Gasteiger partial charge in [0.05, 0.1) is 25.8 Å². The Bertz CT molecular complexity index is 825. The normalized spacial score (nSPS) is 35.1. The molecule has 6 atom stereocenters. The number of hydrogen-bond acceptors (Lipinski definition) is 4. The Morgan fingerprint density at radius 1 is 1.10 bits per heavy atom. The Morgan fingerprint density at radius 3 is 2.72 bits per heavy atom. The predicted octanol–water partition coefficient (Wildman–Crippen LogP) is 3.00. The Labute approximate surface area is 171 Å². The highest BCUT2D eigenvalue weighted by Crippen LogP contribution is 2.58. The van der Waals surface area contributed by atoms with Crippen LogP contribution in [0.15, 0.2) is 18.2 Å². The van der Waals surface area contributed by atoms with E-state index in [4.69, 9.17) is 9.47 Å². The van der Waals surface area contributed by atoms with E-state index >= 15 is 0 Å². The fourth-order valence-electron chi connectivity index (χ4n) is 6.66. The zero-order valence-electron chi connectivity index (χ0n) is 17.2. The van der Waals surface area contributed by atoms with Crippen LogP contribution in [0.25, 0.3) is 0 Å². The van der Waals surface area contributed by atoms with Crippen molar-refractivity contribution < 1.29 is 19.1 Å². The van der Waals surface area contributed by atoms with Gasteiger partial charge < -0.3 is 19.7 Å². The minimum absolute atomic E-state index is 0.0369. The Kier molecular flexibility index (Phi) is 4.67. The fourth-order valence-corrected chi connectivity index (χ4v) is 6.66. The Balaban J connectivity index is 1.27. The van der Waals surface area contributed by atoms with E-state index in [1.807, 2.05) is 0 Å². The summed E-state index contributed by atoms with van der Waals surface area (Å²) in [6, 6.07) is 5.70. The largest absolute Gasteiger partial charge is 0.497 e. The summed E-state index contributed by atoms with van der Waals surface area (Å²) in [6.45, 7) is 0.390. The van der Waals surface area contributed by atoms with Gasteiger partial charge in [-0.15, -0.1) is 0 Å². The number of nitrogens with zero attached hydrogens (tertiary/aromatic N) is 1. The molecule has 1 aromatic carbocycles. The summed E-state index contributed by atoms with van der Waals surface area (Å²) >= 11 is 0. The molecule has 1 N–H and O–H groups in total. The van der Waals surface area contributed by atoms with E-state index in [9.17, 15) is 9.59 Å². The highest BCUT2D eigenvalue weighted by atomic mass is 16.5. The van der Waals surface area contributed by atoms with Gasteiger partial charge >= 0.3 is 0 Å². The van der Waals surface area contributed by atoms with Gasteiger partial charge in [-0.3, -0.25) is 9.59 Å². The summed E-state index contributed by atoms with van der Waals surface area (Å²) in [7, 11) is 3.18. The summed E-state index contributed by atoms with van der Waals surface area (Å²) in [5, 5.41) is 3.33. The number of nitrogens with one attached hydrogen (secondary N) is 1. The number of hydrogen-bond donors (Lipinski definition) is 1. The van der Waals surface area contributed by atoms with E-state index in [0.29, 0.717) is 35.7 Å². The van der Waals surface area contributed by atoms with Gasteiger partial charge in [0, 0.05) is 25.1 Å². The number of ether oxygens (including phenoxy) is 2. The molecule has 3 saturated carbocycles. The number of carbonyl (C=O) groups is 2. The molecular formula is C23H30N2O4. The van der Waals surface area contributed by atoms with Crippen molar-refractivity contribution in [1.29, 1.82) is 0 Å². The lowest BCUT2D eigenvalue weighted by Gasteiger charge is -2.32.